The molecule has 3 aliphatic rings. The number of anilines is 1. The molecule has 11 nitrogen and oxygen atoms in total. The number of nitrogens with zero attached hydrogens (tertiary/aromatic N) is 4. The SMILES string of the molecule is O=P(O)(O)C(CC1CC1)OC[C@H]1O[C@@H](n2ncc3c(NC4CCCC4)nc(Cl)nc32)[C@@H](F)[C@@H]1O. The molecule has 0 aromatic carbocycles. The minimum absolute atomic E-state index is 0.0341. The third kappa shape index (κ3) is 5.09. The summed E-state index contributed by atoms with van der Waals surface area (Å²) < 4.78 is 39.2. The van der Waals surface area contributed by atoms with E-state index in [0.717, 1.165) is 38.5 Å². The molecule has 188 valence electrons. The van der Waals surface area contributed by atoms with Gasteiger partial charge in [0.2, 0.25) is 5.28 Å². The summed E-state index contributed by atoms with van der Waals surface area (Å²) in [4.78, 5) is 27.6. The van der Waals surface area contributed by atoms with Crippen LogP contribution in [-0.4, -0.2) is 71.5 Å². The first-order chi connectivity index (χ1) is 16.2. The molecule has 1 aliphatic heterocycles. The average molecular weight is 520 g/mol. The smallest absolute Gasteiger partial charge is 0.354 e. The predicted octanol–water partition coefficient (Wildman–Crippen LogP) is 2.75. The van der Waals surface area contributed by atoms with Gasteiger partial charge in [0.25, 0.3) is 0 Å². The van der Waals surface area contributed by atoms with Gasteiger partial charge in [0.15, 0.2) is 23.9 Å². The Balaban J connectivity index is 1.33. The zero-order chi connectivity index (χ0) is 24.0. The molecule has 3 fully saturated rings. The molecular formula is C20H28ClFN5O6P. The van der Waals surface area contributed by atoms with Crippen molar-refractivity contribution in [3.05, 3.63) is 11.5 Å². The van der Waals surface area contributed by atoms with Crippen LogP contribution in [0.1, 0.15) is 51.2 Å². The van der Waals surface area contributed by atoms with E-state index in [-0.39, 0.29) is 35.9 Å². The van der Waals surface area contributed by atoms with Gasteiger partial charge < -0.3 is 29.7 Å². The molecule has 0 radical (unpaired) electrons. The minimum Gasteiger partial charge on any atom is -0.387 e. The monoisotopic (exact) mass is 519 g/mol. The summed E-state index contributed by atoms with van der Waals surface area (Å²) in [5.41, 5.74) is 0.253. The molecule has 0 bridgehead atoms. The predicted molar refractivity (Wildman–Crippen MR) is 120 cm³/mol. The second-order valence-corrected chi connectivity index (χ2v) is 11.4. The maximum atomic E-state index is 15.1. The first kappa shape index (κ1) is 24.3. The number of aliphatic hydroxyl groups excluding tert-OH is 1. The summed E-state index contributed by atoms with van der Waals surface area (Å²) in [6, 6.07) is 0.259. The molecule has 1 unspecified atom stereocenters. The Morgan fingerprint density at radius 2 is 2.03 bits per heavy atom. The van der Waals surface area contributed by atoms with Crippen molar-refractivity contribution in [1.82, 2.24) is 19.7 Å². The fourth-order valence-electron chi connectivity index (χ4n) is 4.64. The van der Waals surface area contributed by atoms with Crippen LogP contribution in [-0.2, 0) is 14.0 Å². The Bertz CT molecular complexity index is 1080. The van der Waals surface area contributed by atoms with Crippen LogP contribution in [0, 0.1) is 5.92 Å². The van der Waals surface area contributed by atoms with E-state index in [4.69, 9.17) is 21.1 Å². The van der Waals surface area contributed by atoms with Crippen LogP contribution in [0.25, 0.3) is 11.0 Å². The number of alkyl halides is 1. The van der Waals surface area contributed by atoms with Gasteiger partial charge in [-0.25, -0.2) is 9.07 Å². The van der Waals surface area contributed by atoms with Gasteiger partial charge in [0.1, 0.15) is 18.0 Å². The van der Waals surface area contributed by atoms with Crippen molar-refractivity contribution < 1.29 is 33.3 Å². The number of ether oxygens (including phenoxy) is 2. The van der Waals surface area contributed by atoms with Crippen molar-refractivity contribution in [1.29, 1.82) is 0 Å². The molecule has 5 rings (SSSR count). The van der Waals surface area contributed by atoms with E-state index in [1.165, 1.54) is 10.9 Å². The summed E-state index contributed by atoms with van der Waals surface area (Å²) in [6.45, 7) is -0.371. The van der Waals surface area contributed by atoms with Gasteiger partial charge in [0, 0.05) is 6.04 Å². The lowest BCUT2D eigenvalue weighted by atomic mass is 10.1. The number of hydrogen-bond acceptors (Lipinski definition) is 8. The molecule has 5 atom stereocenters. The molecular weight excluding hydrogens is 492 g/mol. The second kappa shape index (κ2) is 9.57. The van der Waals surface area contributed by atoms with Gasteiger partial charge in [-0.2, -0.15) is 15.1 Å². The van der Waals surface area contributed by atoms with E-state index in [1.54, 1.807) is 0 Å². The zero-order valence-corrected chi connectivity index (χ0v) is 20.0. The van der Waals surface area contributed by atoms with E-state index in [1.807, 2.05) is 0 Å². The van der Waals surface area contributed by atoms with Gasteiger partial charge in [0.05, 0.1) is 18.2 Å². The van der Waals surface area contributed by atoms with Crippen molar-refractivity contribution in [3.63, 3.8) is 0 Å². The van der Waals surface area contributed by atoms with Gasteiger partial charge in [-0.3, -0.25) is 4.57 Å². The molecule has 34 heavy (non-hydrogen) atoms. The first-order valence-electron chi connectivity index (χ1n) is 11.5. The van der Waals surface area contributed by atoms with Crippen molar-refractivity contribution in [2.75, 3.05) is 11.9 Å². The van der Waals surface area contributed by atoms with E-state index < -0.39 is 38.0 Å². The van der Waals surface area contributed by atoms with Crippen molar-refractivity contribution in [2.24, 2.45) is 5.92 Å². The highest BCUT2D eigenvalue weighted by molar-refractivity contribution is 7.52. The number of fused-ring (bicyclic) bond motifs is 1. The van der Waals surface area contributed by atoms with Crippen LogP contribution in [0.4, 0.5) is 10.2 Å². The molecule has 2 aromatic heterocycles. The van der Waals surface area contributed by atoms with Crippen LogP contribution in [0.3, 0.4) is 0 Å². The first-order valence-corrected chi connectivity index (χ1v) is 13.6. The van der Waals surface area contributed by atoms with Gasteiger partial charge in [-0.1, -0.05) is 25.7 Å². The van der Waals surface area contributed by atoms with Crippen molar-refractivity contribution >= 4 is 36.0 Å². The molecule has 2 aromatic rings. The minimum atomic E-state index is -4.51. The number of aromatic nitrogens is 4. The summed E-state index contributed by atoms with van der Waals surface area (Å²) in [5, 5.41) is 18.5. The van der Waals surface area contributed by atoms with Crippen LogP contribution < -0.4 is 5.32 Å². The van der Waals surface area contributed by atoms with Gasteiger partial charge >= 0.3 is 7.60 Å². The Morgan fingerprint density at radius 3 is 2.71 bits per heavy atom. The topological polar surface area (TPSA) is 152 Å². The third-order valence-corrected chi connectivity index (χ3v) is 8.00. The van der Waals surface area contributed by atoms with E-state index in [9.17, 15) is 19.5 Å². The van der Waals surface area contributed by atoms with Crippen LogP contribution in [0.5, 0.6) is 0 Å². The largest absolute Gasteiger partial charge is 0.387 e. The lowest BCUT2D eigenvalue weighted by molar-refractivity contribution is -0.0749. The fourth-order valence-corrected chi connectivity index (χ4v) is 5.66. The molecule has 0 amide bonds. The molecule has 2 aliphatic carbocycles. The fraction of sp³-hybridized carbons (Fsp3) is 0.750. The van der Waals surface area contributed by atoms with Crippen LogP contribution in [0.2, 0.25) is 5.28 Å². The average Bonchev–Trinajstić information content (AvgIpc) is 3.13. The third-order valence-electron chi connectivity index (χ3n) is 6.72. The number of hydrogen-bond donors (Lipinski definition) is 4. The Labute approximate surface area is 200 Å². The number of halogens is 2. The van der Waals surface area contributed by atoms with Crippen LogP contribution in [0.15, 0.2) is 6.20 Å². The molecule has 2 saturated carbocycles. The summed E-state index contributed by atoms with van der Waals surface area (Å²) >= 11 is 6.13. The molecule has 14 heteroatoms. The lowest BCUT2D eigenvalue weighted by Gasteiger charge is -2.22. The zero-order valence-electron chi connectivity index (χ0n) is 18.3. The second-order valence-electron chi connectivity index (χ2n) is 9.35. The van der Waals surface area contributed by atoms with Crippen LogP contribution >= 0.6 is 19.2 Å². The van der Waals surface area contributed by atoms with E-state index in [0.29, 0.717) is 11.2 Å². The van der Waals surface area contributed by atoms with Crippen molar-refractivity contribution in [2.45, 2.75) is 81.4 Å². The summed E-state index contributed by atoms with van der Waals surface area (Å²) in [6.07, 6.45) is 1.89. The number of aliphatic hydroxyl groups is 1. The van der Waals surface area contributed by atoms with E-state index >= 15 is 4.39 Å². The van der Waals surface area contributed by atoms with Gasteiger partial charge in [-0.15, -0.1) is 0 Å². The Hall–Kier alpha value is -1.40. The molecule has 4 N–H and O–H groups in total. The Kier molecular flexibility index (Phi) is 6.84. The highest BCUT2D eigenvalue weighted by Gasteiger charge is 2.47. The number of rotatable bonds is 9. The normalized spacial score (nSPS) is 29.2. The molecule has 1 saturated heterocycles. The van der Waals surface area contributed by atoms with Crippen molar-refractivity contribution in [3.8, 4) is 0 Å². The number of nitrogens with one attached hydrogen (secondary N) is 1. The quantitative estimate of drug-likeness (QED) is 0.287. The highest BCUT2D eigenvalue weighted by Crippen LogP contribution is 2.49. The summed E-state index contributed by atoms with van der Waals surface area (Å²) in [5.74, 6) is -0.596. The molecule has 3 heterocycles. The maximum absolute atomic E-state index is 15.1. The molecule has 0 spiro atoms. The highest BCUT2D eigenvalue weighted by atomic mass is 35.5. The summed E-state index contributed by atoms with van der Waals surface area (Å²) in [7, 11) is -4.51. The van der Waals surface area contributed by atoms with E-state index in [2.05, 4.69) is 20.4 Å². The Morgan fingerprint density at radius 1 is 1.29 bits per heavy atom. The maximum Gasteiger partial charge on any atom is 0.354 e. The lowest BCUT2D eigenvalue weighted by Crippen LogP contribution is -2.33. The standard InChI is InChI=1S/C20H28ClFN5O6P/c21-20-25-17(24-11-3-1-2-4-11)12-8-23-27(18(12)26-20)19-15(22)16(28)13(33-19)9-32-14(34(29,30)31)7-10-5-6-10/h8,10-11,13-16,19,28H,1-7,9H2,(H,24,25,26)(H2,29,30,31)/t13-,14?,15+,16-,19-/m1/s1. The van der Waals surface area contributed by atoms with Gasteiger partial charge in [-0.05, 0) is 36.8 Å².